The second-order valence-corrected chi connectivity index (χ2v) is 6.00. The Morgan fingerprint density at radius 3 is 3.05 bits per heavy atom. The molecule has 0 bridgehead atoms. The molecule has 5 nitrogen and oxygen atoms in total. The summed E-state index contributed by atoms with van der Waals surface area (Å²) < 4.78 is 0. The summed E-state index contributed by atoms with van der Waals surface area (Å²) in [5.41, 5.74) is 0. The smallest absolute Gasteiger partial charge is 0.261 e. The molecule has 2 saturated heterocycles. The number of piperazine rings is 1. The maximum absolute atomic E-state index is 11.6. The van der Waals surface area contributed by atoms with Gasteiger partial charge in [0, 0.05) is 39.1 Å². The van der Waals surface area contributed by atoms with Crippen LogP contribution in [0.2, 0.25) is 0 Å². The van der Waals surface area contributed by atoms with E-state index in [1.807, 2.05) is 17.0 Å². The number of hydrogen-bond donors (Lipinski definition) is 1. The number of fused-ring (bicyclic) bond motifs is 1. The molecule has 0 aliphatic carbocycles. The molecule has 3 rings (SSSR count). The van der Waals surface area contributed by atoms with Gasteiger partial charge in [0.25, 0.3) is 5.91 Å². The number of rotatable bonds is 2. The SMILES string of the molecule is CNC(=O)c1ccc(N2CCN3C(=O)CCC3C2)s1. The predicted molar refractivity (Wildman–Crippen MR) is 74.7 cm³/mol. The third-order valence-electron chi connectivity index (χ3n) is 3.85. The van der Waals surface area contributed by atoms with E-state index in [9.17, 15) is 9.59 Å². The third-order valence-corrected chi connectivity index (χ3v) is 4.99. The first-order valence-electron chi connectivity index (χ1n) is 6.55. The van der Waals surface area contributed by atoms with Crippen LogP contribution in [0.1, 0.15) is 22.5 Å². The first kappa shape index (κ1) is 12.5. The second-order valence-electron chi connectivity index (χ2n) is 4.94. The quantitative estimate of drug-likeness (QED) is 0.876. The van der Waals surface area contributed by atoms with Gasteiger partial charge in [-0.2, -0.15) is 0 Å². The Hall–Kier alpha value is -1.56. The Balaban J connectivity index is 1.72. The van der Waals surface area contributed by atoms with Crippen molar-refractivity contribution in [2.24, 2.45) is 0 Å². The highest BCUT2D eigenvalue weighted by molar-refractivity contribution is 7.18. The largest absolute Gasteiger partial charge is 0.360 e. The van der Waals surface area contributed by atoms with Crippen LogP contribution in [-0.2, 0) is 4.79 Å². The van der Waals surface area contributed by atoms with Crippen LogP contribution in [0.3, 0.4) is 0 Å². The summed E-state index contributed by atoms with van der Waals surface area (Å²) in [4.78, 5) is 28.2. The average Bonchev–Trinajstić information content (AvgIpc) is 3.05. The van der Waals surface area contributed by atoms with Crippen molar-refractivity contribution in [3.8, 4) is 0 Å². The lowest BCUT2D eigenvalue weighted by Gasteiger charge is -2.38. The average molecular weight is 279 g/mol. The number of thiophene rings is 1. The fraction of sp³-hybridized carbons (Fsp3) is 0.538. The van der Waals surface area contributed by atoms with Crippen LogP contribution >= 0.6 is 11.3 Å². The molecule has 1 unspecified atom stereocenters. The van der Waals surface area contributed by atoms with Crippen molar-refractivity contribution in [3.63, 3.8) is 0 Å². The topological polar surface area (TPSA) is 52.7 Å². The number of amides is 2. The molecule has 0 aromatic carbocycles. The molecule has 1 N–H and O–H groups in total. The van der Waals surface area contributed by atoms with E-state index in [-0.39, 0.29) is 5.91 Å². The number of carbonyl (C=O) groups is 2. The Morgan fingerprint density at radius 2 is 2.26 bits per heavy atom. The number of nitrogens with one attached hydrogen (secondary N) is 1. The molecule has 0 saturated carbocycles. The van der Waals surface area contributed by atoms with Crippen LogP contribution < -0.4 is 10.2 Å². The van der Waals surface area contributed by atoms with Crippen LogP contribution in [0, 0.1) is 0 Å². The van der Waals surface area contributed by atoms with E-state index >= 15 is 0 Å². The Kier molecular flexibility index (Phi) is 3.18. The van der Waals surface area contributed by atoms with Gasteiger partial charge in [0.2, 0.25) is 5.91 Å². The van der Waals surface area contributed by atoms with Crippen LogP contribution in [0.25, 0.3) is 0 Å². The van der Waals surface area contributed by atoms with Gasteiger partial charge in [0.05, 0.1) is 9.88 Å². The van der Waals surface area contributed by atoms with Crippen molar-refractivity contribution in [1.82, 2.24) is 10.2 Å². The van der Waals surface area contributed by atoms with Crippen molar-refractivity contribution >= 4 is 28.2 Å². The second kappa shape index (κ2) is 4.85. The lowest BCUT2D eigenvalue weighted by molar-refractivity contribution is -0.129. The fourth-order valence-corrected chi connectivity index (χ4v) is 3.79. The van der Waals surface area contributed by atoms with Gasteiger partial charge in [0.1, 0.15) is 0 Å². The van der Waals surface area contributed by atoms with Gasteiger partial charge in [-0.1, -0.05) is 0 Å². The molecular weight excluding hydrogens is 262 g/mol. The summed E-state index contributed by atoms with van der Waals surface area (Å²) in [6.45, 7) is 2.55. The summed E-state index contributed by atoms with van der Waals surface area (Å²) >= 11 is 1.52. The zero-order chi connectivity index (χ0) is 13.4. The lowest BCUT2D eigenvalue weighted by Crippen LogP contribution is -2.51. The molecule has 19 heavy (non-hydrogen) atoms. The molecule has 2 aliphatic heterocycles. The minimum Gasteiger partial charge on any atom is -0.360 e. The first-order valence-corrected chi connectivity index (χ1v) is 7.37. The van der Waals surface area contributed by atoms with Crippen LogP contribution in [0.4, 0.5) is 5.00 Å². The zero-order valence-corrected chi connectivity index (χ0v) is 11.7. The number of hydrogen-bond acceptors (Lipinski definition) is 4. The molecule has 1 atom stereocenters. The van der Waals surface area contributed by atoms with E-state index in [0.29, 0.717) is 18.4 Å². The molecular formula is C13H17N3O2S. The normalized spacial score (nSPS) is 22.6. The van der Waals surface area contributed by atoms with E-state index in [0.717, 1.165) is 35.9 Å². The van der Waals surface area contributed by atoms with Gasteiger partial charge in [0.15, 0.2) is 0 Å². The van der Waals surface area contributed by atoms with E-state index in [1.165, 1.54) is 11.3 Å². The Labute approximate surface area is 116 Å². The molecule has 2 fully saturated rings. The van der Waals surface area contributed by atoms with Crippen LogP contribution in [-0.4, -0.2) is 49.4 Å². The van der Waals surface area contributed by atoms with Gasteiger partial charge in [-0.3, -0.25) is 9.59 Å². The van der Waals surface area contributed by atoms with Crippen LogP contribution in [0.15, 0.2) is 12.1 Å². The van der Waals surface area contributed by atoms with Crippen molar-refractivity contribution in [2.45, 2.75) is 18.9 Å². The van der Waals surface area contributed by atoms with Gasteiger partial charge < -0.3 is 15.1 Å². The standard InChI is InChI=1S/C13H17N3O2S/c1-14-13(18)10-3-5-12(19-10)15-6-7-16-9(8-15)2-4-11(16)17/h3,5,9H,2,4,6-8H2,1H3,(H,14,18). The van der Waals surface area contributed by atoms with E-state index < -0.39 is 0 Å². The molecule has 6 heteroatoms. The number of carbonyl (C=O) groups excluding carboxylic acids is 2. The summed E-state index contributed by atoms with van der Waals surface area (Å²) in [6.07, 6.45) is 1.65. The van der Waals surface area contributed by atoms with E-state index in [1.54, 1.807) is 7.05 Å². The molecule has 0 spiro atoms. The molecule has 1 aromatic rings. The maximum atomic E-state index is 11.6. The summed E-state index contributed by atoms with van der Waals surface area (Å²) in [5.74, 6) is 0.257. The fourth-order valence-electron chi connectivity index (χ4n) is 2.81. The van der Waals surface area contributed by atoms with Crippen molar-refractivity contribution in [3.05, 3.63) is 17.0 Å². The molecule has 2 amide bonds. The molecule has 1 aromatic heterocycles. The van der Waals surface area contributed by atoms with E-state index in [2.05, 4.69) is 10.2 Å². The summed E-state index contributed by atoms with van der Waals surface area (Å²) in [5, 5.41) is 3.76. The minimum absolute atomic E-state index is 0.0362. The number of anilines is 1. The lowest BCUT2D eigenvalue weighted by atomic mass is 10.1. The molecule has 3 heterocycles. The highest BCUT2D eigenvalue weighted by Gasteiger charge is 2.35. The summed E-state index contributed by atoms with van der Waals surface area (Å²) in [7, 11) is 1.64. The van der Waals surface area contributed by atoms with Crippen molar-refractivity contribution in [1.29, 1.82) is 0 Å². The van der Waals surface area contributed by atoms with Crippen molar-refractivity contribution < 1.29 is 9.59 Å². The Morgan fingerprint density at radius 1 is 1.42 bits per heavy atom. The monoisotopic (exact) mass is 279 g/mol. The molecule has 2 aliphatic rings. The number of nitrogens with zero attached hydrogens (tertiary/aromatic N) is 2. The Bertz CT molecular complexity index is 514. The molecule has 0 radical (unpaired) electrons. The van der Waals surface area contributed by atoms with E-state index in [4.69, 9.17) is 0 Å². The zero-order valence-electron chi connectivity index (χ0n) is 10.9. The van der Waals surface area contributed by atoms with Gasteiger partial charge in [-0.25, -0.2) is 0 Å². The minimum atomic E-state index is -0.0362. The highest BCUT2D eigenvalue weighted by atomic mass is 32.1. The van der Waals surface area contributed by atoms with Gasteiger partial charge in [-0.05, 0) is 18.6 Å². The first-order chi connectivity index (χ1) is 9.19. The third kappa shape index (κ3) is 2.20. The van der Waals surface area contributed by atoms with Gasteiger partial charge in [-0.15, -0.1) is 11.3 Å². The molecule has 102 valence electrons. The maximum Gasteiger partial charge on any atom is 0.261 e. The predicted octanol–water partition coefficient (Wildman–Crippen LogP) is 0.919. The highest BCUT2D eigenvalue weighted by Crippen LogP contribution is 2.30. The van der Waals surface area contributed by atoms with Gasteiger partial charge >= 0.3 is 0 Å². The summed E-state index contributed by atoms with van der Waals surface area (Å²) in [6, 6.07) is 4.22. The van der Waals surface area contributed by atoms with Crippen LogP contribution in [0.5, 0.6) is 0 Å². The van der Waals surface area contributed by atoms with Crippen molar-refractivity contribution in [2.75, 3.05) is 31.6 Å².